The van der Waals surface area contributed by atoms with Crippen LogP contribution in [0.3, 0.4) is 0 Å². The summed E-state index contributed by atoms with van der Waals surface area (Å²) < 4.78 is 33.8. The number of halogens is 1. The first-order valence-electron chi connectivity index (χ1n) is 12.0. The molecule has 1 heterocycles. The molecule has 208 valence electrons. The molecule has 3 aromatic carbocycles. The maximum Gasteiger partial charge on any atom is 0.319 e. The number of nitrogens with one attached hydrogen (secondary N) is 4. The highest BCUT2D eigenvalue weighted by molar-refractivity contribution is 7.92. The largest absolute Gasteiger partial charge is 0.545 e. The van der Waals surface area contributed by atoms with Crippen molar-refractivity contribution in [2.45, 2.75) is 17.9 Å². The molecule has 3 aromatic rings. The number of urea groups is 1. The average Bonchev–Trinajstić information content (AvgIpc) is 2.93. The Morgan fingerprint density at radius 2 is 1.75 bits per heavy atom. The molecule has 13 heteroatoms. The summed E-state index contributed by atoms with van der Waals surface area (Å²) in [6.45, 7) is 1.73. The second-order valence-electron chi connectivity index (χ2n) is 8.54. The van der Waals surface area contributed by atoms with Crippen LogP contribution in [0.15, 0.2) is 89.6 Å². The lowest BCUT2D eigenvalue weighted by atomic mass is 9.88. The number of esters is 1. The van der Waals surface area contributed by atoms with E-state index in [0.717, 1.165) is 6.07 Å². The van der Waals surface area contributed by atoms with Crippen LogP contribution in [0.2, 0.25) is 5.02 Å². The fourth-order valence-corrected chi connectivity index (χ4v) is 5.58. The Morgan fingerprint density at radius 1 is 1.05 bits per heavy atom. The van der Waals surface area contributed by atoms with E-state index in [4.69, 9.17) is 16.3 Å². The molecule has 1 aliphatic heterocycles. The smallest absolute Gasteiger partial charge is 0.319 e. The minimum absolute atomic E-state index is 0.0768. The molecule has 2 unspecified atom stereocenters. The van der Waals surface area contributed by atoms with Gasteiger partial charge < -0.3 is 30.6 Å². The van der Waals surface area contributed by atoms with Crippen LogP contribution in [-0.2, 0) is 19.6 Å². The van der Waals surface area contributed by atoms with Crippen LogP contribution in [0, 0.1) is 5.92 Å². The van der Waals surface area contributed by atoms with Crippen molar-refractivity contribution in [2.24, 2.45) is 5.92 Å². The lowest BCUT2D eigenvalue weighted by Crippen LogP contribution is -2.51. The summed E-state index contributed by atoms with van der Waals surface area (Å²) in [4.78, 5) is 37.1. The van der Waals surface area contributed by atoms with Crippen molar-refractivity contribution in [1.29, 1.82) is 0 Å². The fraction of sp³-hybridized carbons (Fsp3) is 0.148. The van der Waals surface area contributed by atoms with Gasteiger partial charge in [0.25, 0.3) is 10.0 Å². The number of sulfonamides is 1. The Bertz CT molecular complexity index is 1560. The summed E-state index contributed by atoms with van der Waals surface area (Å²) in [6.07, 6.45) is 1.22. The first-order valence-corrected chi connectivity index (χ1v) is 13.8. The van der Waals surface area contributed by atoms with Gasteiger partial charge in [-0.1, -0.05) is 48.0 Å². The molecular weight excluding hydrogens is 560 g/mol. The van der Waals surface area contributed by atoms with Crippen molar-refractivity contribution in [2.75, 3.05) is 16.6 Å². The van der Waals surface area contributed by atoms with E-state index in [-0.39, 0.29) is 23.7 Å². The molecule has 2 amide bonds. The summed E-state index contributed by atoms with van der Waals surface area (Å²) in [7, 11) is -4.38. The second-order valence-corrected chi connectivity index (χ2v) is 10.6. The molecule has 0 saturated carbocycles. The standard InChI is InChI=1S/C27H25ClN4O7S/c1-2-39-26(35)23-20(30-27(36)31-24(23)16-7-4-3-5-8-16)15-29-19-9-6-10-21(22(19)25(33)34)40(37,38)32-18-13-11-17(28)12-14-18/h3-15,23-24,29,32H,2H2,1H3,(H,33,34)(H2,30,31,36)/p-1. The van der Waals surface area contributed by atoms with Crippen molar-refractivity contribution < 1.29 is 32.6 Å². The van der Waals surface area contributed by atoms with E-state index in [1.165, 1.54) is 42.6 Å². The number of anilines is 2. The average molecular weight is 584 g/mol. The number of carboxylic acid groups (broad SMARTS) is 1. The molecule has 4 rings (SSSR count). The molecule has 11 nitrogen and oxygen atoms in total. The van der Waals surface area contributed by atoms with E-state index in [9.17, 15) is 27.9 Å². The molecule has 1 fully saturated rings. The zero-order valence-electron chi connectivity index (χ0n) is 21.0. The molecule has 1 saturated heterocycles. The highest BCUT2D eigenvalue weighted by atomic mass is 35.5. The monoisotopic (exact) mass is 583 g/mol. The van der Waals surface area contributed by atoms with Crippen LogP contribution in [-0.4, -0.2) is 33.0 Å². The molecule has 1 aliphatic rings. The maximum atomic E-state index is 13.1. The molecule has 4 N–H and O–H groups in total. The van der Waals surface area contributed by atoms with Gasteiger partial charge in [0, 0.05) is 28.2 Å². The zero-order chi connectivity index (χ0) is 28.9. The van der Waals surface area contributed by atoms with Crippen LogP contribution in [0.1, 0.15) is 28.9 Å². The van der Waals surface area contributed by atoms with E-state index in [2.05, 4.69) is 20.7 Å². The second kappa shape index (κ2) is 12.1. The Labute approximate surface area is 235 Å². The lowest BCUT2D eigenvalue weighted by Gasteiger charge is -2.33. The van der Waals surface area contributed by atoms with Crippen molar-refractivity contribution in [1.82, 2.24) is 10.6 Å². The van der Waals surface area contributed by atoms with Gasteiger partial charge in [-0.25, -0.2) is 13.2 Å². The van der Waals surface area contributed by atoms with Gasteiger partial charge in [0.1, 0.15) is 5.92 Å². The molecule has 0 spiro atoms. The van der Waals surface area contributed by atoms with Gasteiger partial charge in [0.15, 0.2) is 0 Å². The van der Waals surface area contributed by atoms with Gasteiger partial charge in [-0.2, -0.15) is 0 Å². The molecule has 0 aliphatic carbocycles. The third-order valence-corrected chi connectivity index (χ3v) is 7.59. The SMILES string of the molecule is CCOC(=O)C1C(=CNc2cccc(S(=O)(=O)Nc3ccc(Cl)cc3)c2C(=O)[O-])NC(=O)NC1c1ccccc1. The van der Waals surface area contributed by atoms with E-state index >= 15 is 0 Å². The van der Waals surface area contributed by atoms with Gasteiger partial charge in [0.05, 0.1) is 29.2 Å². The number of carbonyl (C=O) groups excluding carboxylic acids is 3. The van der Waals surface area contributed by atoms with Crippen LogP contribution >= 0.6 is 11.6 Å². The summed E-state index contributed by atoms with van der Waals surface area (Å²) in [6, 6.07) is 16.9. The minimum Gasteiger partial charge on any atom is -0.545 e. The van der Waals surface area contributed by atoms with Gasteiger partial charge >= 0.3 is 12.0 Å². The topological polar surface area (TPSA) is 166 Å². The third-order valence-electron chi connectivity index (χ3n) is 5.91. The first-order chi connectivity index (χ1) is 19.1. The summed E-state index contributed by atoms with van der Waals surface area (Å²) >= 11 is 5.85. The number of carbonyl (C=O) groups is 3. The predicted molar refractivity (Wildman–Crippen MR) is 146 cm³/mol. The van der Waals surface area contributed by atoms with E-state index < -0.39 is 50.4 Å². The van der Waals surface area contributed by atoms with Crippen LogP contribution in [0.25, 0.3) is 0 Å². The summed E-state index contributed by atoms with van der Waals surface area (Å²) in [5, 5.41) is 20.5. The number of hydrogen-bond donors (Lipinski definition) is 4. The van der Waals surface area contributed by atoms with Crippen molar-refractivity contribution in [3.8, 4) is 0 Å². The van der Waals surface area contributed by atoms with Crippen LogP contribution in [0.4, 0.5) is 16.2 Å². The van der Waals surface area contributed by atoms with Crippen LogP contribution < -0.4 is 25.8 Å². The molecule has 0 aromatic heterocycles. The van der Waals surface area contributed by atoms with Gasteiger partial charge in [-0.15, -0.1) is 0 Å². The van der Waals surface area contributed by atoms with E-state index in [1.54, 1.807) is 37.3 Å². The number of carboxylic acids is 1. The molecule has 0 bridgehead atoms. The molecule has 2 atom stereocenters. The molecule has 40 heavy (non-hydrogen) atoms. The fourth-order valence-electron chi connectivity index (χ4n) is 4.18. The summed E-state index contributed by atoms with van der Waals surface area (Å²) in [5.41, 5.74) is 0.0633. The van der Waals surface area contributed by atoms with E-state index in [1.807, 2.05) is 0 Å². The van der Waals surface area contributed by atoms with Gasteiger partial charge in [-0.05, 0) is 48.9 Å². The maximum absolute atomic E-state index is 13.1. The predicted octanol–water partition coefficient (Wildman–Crippen LogP) is 2.99. The number of ether oxygens (including phenoxy) is 1. The first kappa shape index (κ1) is 28.5. The zero-order valence-corrected chi connectivity index (χ0v) is 22.6. The Hall–Kier alpha value is -4.55. The normalized spacial score (nSPS) is 17.9. The third kappa shape index (κ3) is 6.35. The van der Waals surface area contributed by atoms with Crippen molar-refractivity contribution >= 4 is 51.0 Å². The number of amides is 2. The minimum atomic E-state index is -4.38. The highest BCUT2D eigenvalue weighted by Crippen LogP contribution is 2.32. The van der Waals surface area contributed by atoms with E-state index in [0.29, 0.717) is 10.6 Å². The quantitative estimate of drug-likeness (QED) is 0.279. The highest BCUT2D eigenvalue weighted by Gasteiger charge is 2.39. The Balaban J connectivity index is 1.72. The lowest BCUT2D eigenvalue weighted by molar-refractivity contribution is -0.255. The number of hydrogen-bond acceptors (Lipinski definition) is 8. The number of aromatic carboxylic acids is 1. The van der Waals surface area contributed by atoms with Crippen molar-refractivity contribution in [3.05, 3.63) is 101 Å². The Morgan fingerprint density at radius 3 is 2.40 bits per heavy atom. The Kier molecular flexibility index (Phi) is 8.61. The summed E-state index contributed by atoms with van der Waals surface area (Å²) in [5.74, 6) is -3.44. The molecule has 0 radical (unpaired) electrons. The number of rotatable bonds is 9. The number of benzene rings is 3. The molecular formula is C27H24ClN4O7S-. The van der Waals surface area contributed by atoms with Crippen molar-refractivity contribution in [3.63, 3.8) is 0 Å². The van der Waals surface area contributed by atoms with Gasteiger partial charge in [0.2, 0.25) is 0 Å². The van der Waals surface area contributed by atoms with Crippen LogP contribution in [0.5, 0.6) is 0 Å². The van der Waals surface area contributed by atoms with Gasteiger partial charge in [-0.3, -0.25) is 9.52 Å².